The zero-order chi connectivity index (χ0) is 10.1. The topological polar surface area (TPSA) is 56.7 Å². The van der Waals surface area contributed by atoms with Gasteiger partial charge in [-0.25, -0.2) is 0 Å². The molecule has 0 unspecified atom stereocenters. The first-order valence-corrected chi connectivity index (χ1v) is 4.49. The highest BCUT2D eigenvalue weighted by molar-refractivity contribution is 6.30. The minimum Gasteiger partial charge on any atom is -0.381 e. The molecular formula is C9H9ClN4. The van der Waals surface area contributed by atoms with Crippen LogP contribution in [0.4, 0.5) is 5.82 Å². The van der Waals surface area contributed by atoms with Crippen molar-refractivity contribution in [2.45, 2.75) is 6.92 Å². The summed E-state index contributed by atoms with van der Waals surface area (Å²) in [5.41, 5.74) is 7.36. The van der Waals surface area contributed by atoms with Gasteiger partial charge in [0.15, 0.2) is 5.82 Å². The summed E-state index contributed by atoms with van der Waals surface area (Å²) in [4.78, 5) is 1.47. The molecule has 0 atom stereocenters. The van der Waals surface area contributed by atoms with Gasteiger partial charge in [0.25, 0.3) is 0 Å². The van der Waals surface area contributed by atoms with Gasteiger partial charge < -0.3 is 5.73 Å². The quantitative estimate of drug-likeness (QED) is 0.778. The van der Waals surface area contributed by atoms with E-state index in [0.29, 0.717) is 10.8 Å². The fourth-order valence-corrected chi connectivity index (χ4v) is 1.36. The van der Waals surface area contributed by atoms with Crippen molar-refractivity contribution in [3.05, 3.63) is 35.0 Å². The largest absolute Gasteiger partial charge is 0.381 e. The summed E-state index contributed by atoms with van der Waals surface area (Å²) in [6.07, 6.45) is 1.50. The van der Waals surface area contributed by atoms with E-state index in [4.69, 9.17) is 17.3 Å². The number of nitrogen functional groups attached to an aromatic ring is 1. The van der Waals surface area contributed by atoms with E-state index in [-0.39, 0.29) is 0 Å². The number of anilines is 1. The number of hydrogen-bond acceptors (Lipinski definition) is 3. The Bertz CT molecular complexity index is 464. The van der Waals surface area contributed by atoms with Crippen molar-refractivity contribution >= 4 is 17.4 Å². The lowest BCUT2D eigenvalue weighted by atomic mass is 10.2. The Labute approximate surface area is 86.3 Å². The van der Waals surface area contributed by atoms with Crippen molar-refractivity contribution in [3.63, 3.8) is 0 Å². The van der Waals surface area contributed by atoms with E-state index < -0.39 is 0 Å². The molecule has 0 aliphatic rings. The monoisotopic (exact) mass is 208 g/mol. The van der Waals surface area contributed by atoms with Crippen LogP contribution in [-0.2, 0) is 0 Å². The van der Waals surface area contributed by atoms with Crippen LogP contribution in [0.1, 0.15) is 5.56 Å². The third-order valence-corrected chi connectivity index (χ3v) is 2.13. The first-order valence-electron chi connectivity index (χ1n) is 4.11. The fraction of sp³-hybridized carbons (Fsp3) is 0.111. The second-order valence-electron chi connectivity index (χ2n) is 2.99. The number of halogens is 1. The normalized spacial score (nSPS) is 10.4. The van der Waals surface area contributed by atoms with Gasteiger partial charge in [0.05, 0.1) is 11.9 Å². The molecule has 0 spiro atoms. The van der Waals surface area contributed by atoms with Crippen molar-refractivity contribution in [2.24, 2.45) is 0 Å². The molecule has 0 saturated carbocycles. The summed E-state index contributed by atoms with van der Waals surface area (Å²) in [5.74, 6) is 0.393. The Balaban J connectivity index is 2.55. The maximum absolute atomic E-state index is 5.87. The van der Waals surface area contributed by atoms with Crippen LogP contribution in [0.3, 0.4) is 0 Å². The van der Waals surface area contributed by atoms with E-state index in [1.807, 2.05) is 19.1 Å². The molecule has 2 N–H and O–H groups in total. The van der Waals surface area contributed by atoms with E-state index >= 15 is 0 Å². The molecular weight excluding hydrogens is 200 g/mol. The third-order valence-electron chi connectivity index (χ3n) is 1.90. The number of aromatic nitrogens is 3. The molecule has 14 heavy (non-hydrogen) atoms. The summed E-state index contributed by atoms with van der Waals surface area (Å²) < 4.78 is 0. The van der Waals surface area contributed by atoms with Crippen LogP contribution in [0.2, 0.25) is 5.02 Å². The standard InChI is InChI=1S/C9H9ClN4/c1-6-2-3-7(10)4-8(6)14-12-5-9(11)13-14/h2-5H,1H3,(H2,11,13). The minimum atomic E-state index is 0.393. The van der Waals surface area contributed by atoms with Gasteiger partial charge in [0, 0.05) is 5.02 Å². The van der Waals surface area contributed by atoms with Gasteiger partial charge in [-0.2, -0.15) is 5.10 Å². The summed E-state index contributed by atoms with van der Waals surface area (Å²) in [6, 6.07) is 5.54. The molecule has 2 aromatic rings. The average molecular weight is 209 g/mol. The van der Waals surface area contributed by atoms with Crippen molar-refractivity contribution in [2.75, 3.05) is 5.73 Å². The van der Waals surface area contributed by atoms with Gasteiger partial charge in [-0.3, -0.25) is 0 Å². The van der Waals surface area contributed by atoms with E-state index in [2.05, 4.69) is 10.2 Å². The Morgan fingerprint density at radius 1 is 1.43 bits per heavy atom. The van der Waals surface area contributed by atoms with Crippen LogP contribution in [0.25, 0.3) is 5.69 Å². The van der Waals surface area contributed by atoms with E-state index in [0.717, 1.165) is 11.3 Å². The maximum atomic E-state index is 5.87. The molecule has 0 aliphatic carbocycles. The molecule has 1 heterocycles. The number of benzene rings is 1. The predicted molar refractivity (Wildman–Crippen MR) is 55.5 cm³/mol. The van der Waals surface area contributed by atoms with Crippen molar-refractivity contribution in [1.82, 2.24) is 15.0 Å². The molecule has 0 amide bonds. The molecule has 0 radical (unpaired) electrons. The highest BCUT2D eigenvalue weighted by Gasteiger charge is 2.04. The lowest BCUT2D eigenvalue weighted by molar-refractivity contribution is 0.749. The lowest BCUT2D eigenvalue weighted by Gasteiger charge is -2.03. The third kappa shape index (κ3) is 1.56. The Morgan fingerprint density at radius 2 is 2.21 bits per heavy atom. The van der Waals surface area contributed by atoms with Crippen molar-refractivity contribution in [1.29, 1.82) is 0 Å². The molecule has 0 fully saturated rings. The smallest absolute Gasteiger partial charge is 0.166 e. The van der Waals surface area contributed by atoms with Gasteiger partial charge in [0.2, 0.25) is 0 Å². The molecule has 2 rings (SSSR count). The second kappa shape index (κ2) is 3.31. The fourth-order valence-electron chi connectivity index (χ4n) is 1.19. The maximum Gasteiger partial charge on any atom is 0.166 e. The van der Waals surface area contributed by atoms with Crippen molar-refractivity contribution < 1.29 is 0 Å². The molecule has 0 aliphatic heterocycles. The van der Waals surface area contributed by atoms with Gasteiger partial charge >= 0.3 is 0 Å². The minimum absolute atomic E-state index is 0.393. The molecule has 0 bridgehead atoms. The summed E-state index contributed by atoms with van der Waals surface area (Å²) in [7, 11) is 0. The predicted octanol–water partition coefficient (Wildman–Crippen LogP) is 1.81. The summed E-state index contributed by atoms with van der Waals surface area (Å²) in [5, 5.41) is 8.67. The van der Waals surface area contributed by atoms with Crippen LogP contribution < -0.4 is 5.73 Å². The van der Waals surface area contributed by atoms with Gasteiger partial charge in [-0.1, -0.05) is 17.7 Å². The zero-order valence-corrected chi connectivity index (χ0v) is 8.36. The van der Waals surface area contributed by atoms with Crippen LogP contribution in [0, 0.1) is 6.92 Å². The molecule has 72 valence electrons. The Morgan fingerprint density at radius 3 is 2.86 bits per heavy atom. The highest BCUT2D eigenvalue weighted by atomic mass is 35.5. The van der Waals surface area contributed by atoms with Crippen LogP contribution in [0.5, 0.6) is 0 Å². The van der Waals surface area contributed by atoms with Crippen LogP contribution in [-0.4, -0.2) is 15.0 Å². The highest BCUT2D eigenvalue weighted by Crippen LogP contribution is 2.18. The second-order valence-corrected chi connectivity index (χ2v) is 3.43. The molecule has 4 nitrogen and oxygen atoms in total. The van der Waals surface area contributed by atoms with Crippen LogP contribution >= 0.6 is 11.6 Å². The first kappa shape index (κ1) is 9.02. The molecule has 0 saturated heterocycles. The Hall–Kier alpha value is -1.55. The molecule has 1 aromatic carbocycles. The van der Waals surface area contributed by atoms with Gasteiger partial charge in [-0.05, 0) is 24.6 Å². The lowest BCUT2D eigenvalue weighted by Crippen LogP contribution is -2.01. The summed E-state index contributed by atoms with van der Waals surface area (Å²) >= 11 is 5.87. The number of hydrogen-bond donors (Lipinski definition) is 1. The Kier molecular flexibility index (Phi) is 2.13. The van der Waals surface area contributed by atoms with E-state index in [9.17, 15) is 0 Å². The average Bonchev–Trinajstić information content (AvgIpc) is 2.56. The van der Waals surface area contributed by atoms with Gasteiger partial charge in [-0.15, -0.1) is 9.90 Å². The van der Waals surface area contributed by atoms with Gasteiger partial charge in [0.1, 0.15) is 0 Å². The van der Waals surface area contributed by atoms with Crippen LogP contribution in [0.15, 0.2) is 24.4 Å². The number of rotatable bonds is 1. The number of aryl methyl sites for hydroxylation is 1. The molecule has 1 aromatic heterocycles. The summed E-state index contributed by atoms with van der Waals surface area (Å²) in [6.45, 7) is 1.96. The SMILES string of the molecule is Cc1ccc(Cl)cc1-n1ncc(N)n1. The number of nitrogens with zero attached hydrogens (tertiary/aromatic N) is 3. The van der Waals surface area contributed by atoms with Crippen molar-refractivity contribution in [3.8, 4) is 5.69 Å². The molecule has 5 heteroatoms. The number of nitrogens with two attached hydrogens (primary N) is 1. The van der Waals surface area contributed by atoms with E-state index in [1.54, 1.807) is 6.07 Å². The van der Waals surface area contributed by atoms with E-state index in [1.165, 1.54) is 11.0 Å². The first-order chi connectivity index (χ1) is 6.66. The zero-order valence-electron chi connectivity index (χ0n) is 7.61.